The van der Waals surface area contributed by atoms with Gasteiger partial charge in [-0.05, 0) is 55.0 Å². The van der Waals surface area contributed by atoms with Crippen LogP contribution in [-0.4, -0.2) is 21.6 Å². The number of fused-ring (bicyclic) bond motifs is 1. The van der Waals surface area contributed by atoms with E-state index in [0.29, 0.717) is 10.8 Å². The van der Waals surface area contributed by atoms with E-state index >= 15 is 0 Å². The molecule has 2 atom stereocenters. The molecule has 0 radical (unpaired) electrons. The minimum Gasteiger partial charge on any atom is -0.349 e. The normalized spacial score (nSPS) is 16.2. The first-order chi connectivity index (χ1) is 15.4. The lowest BCUT2D eigenvalue weighted by Gasteiger charge is -2.27. The van der Waals surface area contributed by atoms with Crippen LogP contribution < -0.4 is 10.6 Å². The first-order valence-corrected chi connectivity index (χ1v) is 11.2. The number of halogens is 1. The Bertz CT molecular complexity index is 1120. The number of amides is 2. The molecule has 0 aliphatic heterocycles. The minimum atomic E-state index is -0.447. The number of hydrogen-bond donors (Lipinski definition) is 2. The summed E-state index contributed by atoms with van der Waals surface area (Å²) < 4.78 is 1.93. The molecule has 1 heterocycles. The summed E-state index contributed by atoms with van der Waals surface area (Å²) in [7, 11) is 0. The molecular weight excluding hydrogens is 424 g/mol. The van der Waals surface area contributed by atoms with Crippen molar-refractivity contribution in [3.05, 3.63) is 82.0 Å². The molecule has 1 aliphatic rings. The number of aromatic nitrogens is 2. The second-order valence-electron chi connectivity index (χ2n) is 8.28. The maximum absolute atomic E-state index is 13.0. The van der Waals surface area contributed by atoms with Crippen LogP contribution in [0.3, 0.4) is 0 Å². The maximum atomic E-state index is 13.0. The van der Waals surface area contributed by atoms with Crippen molar-refractivity contribution in [2.45, 2.75) is 51.6 Å². The number of aryl methyl sites for hydroxylation is 2. The number of benzene rings is 2. The van der Waals surface area contributed by atoms with E-state index in [0.717, 1.165) is 30.4 Å². The summed E-state index contributed by atoms with van der Waals surface area (Å²) >= 11 is 5.99. The number of carbonyl (C=O) groups is 2. The molecule has 7 heteroatoms. The van der Waals surface area contributed by atoms with Crippen molar-refractivity contribution in [2.75, 3.05) is 5.32 Å². The van der Waals surface area contributed by atoms with Crippen molar-refractivity contribution < 1.29 is 9.59 Å². The van der Waals surface area contributed by atoms with Gasteiger partial charge in [-0.2, -0.15) is 5.10 Å². The average molecular weight is 451 g/mol. The van der Waals surface area contributed by atoms with Crippen LogP contribution in [0, 0.1) is 6.92 Å². The molecule has 0 saturated heterocycles. The highest BCUT2D eigenvalue weighted by Crippen LogP contribution is 2.35. The van der Waals surface area contributed by atoms with E-state index in [4.69, 9.17) is 11.6 Å². The van der Waals surface area contributed by atoms with E-state index in [1.165, 1.54) is 18.1 Å². The Labute approximate surface area is 193 Å². The van der Waals surface area contributed by atoms with Crippen molar-refractivity contribution in [3.63, 3.8) is 0 Å². The third-order valence-corrected chi connectivity index (χ3v) is 6.16. The predicted octanol–water partition coefficient (Wildman–Crippen LogP) is 4.98. The fourth-order valence-corrected chi connectivity index (χ4v) is 4.51. The fraction of sp³-hybridized carbons (Fsp3) is 0.320. The number of nitrogens with one attached hydrogen (secondary N) is 2. The zero-order valence-corrected chi connectivity index (χ0v) is 19.0. The van der Waals surface area contributed by atoms with E-state index < -0.39 is 6.04 Å². The van der Waals surface area contributed by atoms with Crippen molar-refractivity contribution in [3.8, 4) is 0 Å². The van der Waals surface area contributed by atoms with Gasteiger partial charge in [0, 0.05) is 17.5 Å². The van der Waals surface area contributed by atoms with Gasteiger partial charge in [-0.25, -0.2) is 4.68 Å². The smallest absolute Gasteiger partial charge is 0.227 e. The first kappa shape index (κ1) is 22.1. The lowest BCUT2D eigenvalue weighted by atomic mass is 9.88. The van der Waals surface area contributed by atoms with Crippen LogP contribution in [0.4, 0.5) is 5.82 Å². The van der Waals surface area contributed by atoms with Gasteiger partial charge in [0.15, 0.2) is 0 Å². The number of anilines is 1. The van der Waals surface area contributed by atoms with Crippen LogP contribution >= 0.6 is 11.6 Å². The first-order valence-electron chi connectivity index (χ1n) is 10.9. The SMILES string of the molecule is CC(=O)NC(CC(=O)Nc1c(C)cnn1C1CCCc2ccccc21)c1ccc(Cl)cc1. The highest BCUT2D eigenvalue weighted by molar-refractivity contribution is 6.30. The van der Waals surface area contributed by atoms with E-state index in [9.17, 15) is 9.59 Å². The summed E-state index contributed by atoms with van der Waals surface area (Å²) in [5.41, 5.74) is 4.33. The zero-order valence-electron chi connectivity index (χ0n) is 18.3. The third-order valence-electron chi connectivity index (χ3n) is 5.91. The molecule has 2 aromatic carbocycles. The predicted molar refractivity (Wildman–Crippen MR) is 126 cm³/mol. The van der Waals surface area contributed by atoms with Crippen molar-refractivity contribution >= 4 is 29.2 Å². The number of carbonyl (C=O) groups excluding carboxylic acids is 2. The topological polar surface area (TPSA) is 76.0 Å². The fourth-order valence-electron chi connectivity index (χ4n) is 4.38. The molecule has 2 amide bonds. The van der Waals surface area contributed by atoms with E-state index in [1.807, 2.05) is 23.7 Å². The summed E-state index contributed by atoms with van der Waals surface area (Å²) in [6, 6.07) is 15.2. The summed E-state index contributed by atoms with van der Waals surface area (Å²) in [5, 5.41) is 11.1. The van der Waals surface area contributed by atoms with Crippen LogP contribution in [-0.2, 0) is 16.0 Å². The molecule has 0 saturated carbocycles. The Kier molecular flexibility index (Phi) is 6.61. The number of hydrogen-bond acceptors (Lipinski definition) is 3. The van der Waals surface area contributed by atoms with Gasteiger partial charge in [0.25, 0.3) is 0 Å². The second kappa shape index (κ2) is 9.57. The van der Waals surface area contributed by atoms with Crippen molar-refractivity contribution in [1.29, 1.82) is 0 Å². The van der Waals surface area contributed by atoms with Gasteiger partial charge in [-0.1, -0.05) is 48.0 Å². The van der Waals surface area contributed by atoms with Crippen molar-refractivity contribution in [1.82, 2.24) is 15.1 Å². The lowest BCUT2D eigenvalue weighted by Crippen LogP contribution is -2.30. The summed E-state index contributed by atoms with van der Waals surface area (Å²) in [5.74, 6) is 0.319. The molecule has 6 nitrogen and oxygen atoms in total. The molecule has 4 rings (SSSR count). The molecule has 166 valence electrons. The summed E-state index contributed by atoms with van der Waals surface area (Å²) in [6.45, 7) is 3.39. The molecule has 32 heavy (non-hydrogen) atoms. The molecule has 0 fully saturated rings. The summed E-state index contributed by atoms with van der Waals surface area (Å²) in [4.78, 5) is 24.8. The van der Waals surface area contributed by atoms with Crippen LogP contribution in [0.2, 0.25) is 5.02 Å². The molecule has 1 aromatic heterocycles. The van der Waals surface area contributed by atoms with Gasteiger partial charge < -0.3 is 10.6 Å². The van der Waals surface area contributed by atoms with Gasteiger partial charge in [-0.3, -0.25) is 9.59 Å². The largest absolute Gasteiger partial charge is 0.349 e. The Morgan fingerprint density at radius 1 is 1.19 bits per heavy atom. The second-order valence-corrected chi connectivity index (χ2v) is 8.72. The third kappa shape index (κ3) is 4.86. The van der Waals surface area contributed by atoms with E-state index in [2.05, 4.69) is 40.0 Å². The number of rotatable bonds is 6. The molecule has 2 unspecified atom stereocenters. The highest BCUT2D eigenvalue weighted by Gasteiger charge is 2.26. The Balaban J connectivity index is 1.56. The molecule has 1 aliphatic carbocycles. The van der Waals surface area contributed by atoms with Crippen LogP contribution in [0.1, 0.15) is 60.5 Å². The minimum absolute atomic E-state index is 0.0892. The van der Waals surface area contributed by atoms with Crippen LogP contribution in [0.25, 0.3) is 0 Å². The average Bonchev–Trinajstić information content (AvgIpc) is 3.13. The van der Waals surface area contributed by atoms with E-state index in [-0.39, 0.29) is 24.3 Å². The molecule has 3 aromatic rings. The Hall–Kier alpha value is -3.12. The zero-order chi connectivity index (χ0) is 22.7. The van der Waals surface area contributed by atoms with Gasteiger partial charge >= 0.3 is 0 Å². The monoisotopic (exact) mass is 450 g/mol. The summed E-state index contributed by atoms with van der Waals surface area (Å²) in [6.07, 6.45) is 5.01. The van der Waals surface area contributed by atoms with E-state index in [1.54, 1.807) is 18.3 Å². The Morgan fingerprint density at radius 3 is 2.69 bits per heavy atom. The molecule has 0 bridgehead atoms. The molecular formula is C25H27ClN4O2. The van der Waals surface area contributed by atoms with Gasteiger partial charge in [0.2, 0.25) is 11.8 Å². The standard InChI is InChI=1S/C25H27ClN4O2/c1-16-15-27-30(23-9-5-7-18-6-3-4-8-21(18)23)25(16)29-24(32)14-22(28-17(2)31)19-10-12-20(26)13-11-19/h3-4,6,8,10-13,15,22-23H,5,7,9,14H2,1-2H3,(H,28,31)(H,29,32). The highest BCUT2D eigenvalue weighted by atomic mass is 35.5. The van der Waals surface area contributed by atoms with Crippen LogP contribution in [0.5, 0.6) is 0 Å². The lowest BCUT2D eigenvalue weighted by molar-refractivity contribution is -0.120. The molecule has 0 spiro atoms. The maximum Gasteiger partial charge on any atom is 0.227 e. The van der Waals surface area contributed by atoms with Crippen molar-refractivity contribution in [2.24, 2.45) is 0 Å². The molecule has 2 N–H and O–H groups in total. The quantitative estimate of drug-likeness (QED) is 0.556. The van der Waals surface area contributed by atoms with Gasteiger partial charge in [0.05, 0.1) is 24.7 Å². The number of nitrogens with zero attached hydrogens (tertiary/aromatic N) is 2. The Morgan fingerprint density at radius 2 is 1.94 bits per heavy atom. The van der Waals surface area contributed by atoms with Gasteiger partial charge in [-0.15, -0.1) is 0 Å². The van der Waals surface area contributed by atoms with Crippen LogP contribution in [0.15, 0.2) is 54.7 Å². The van der Waals surface area contributed by atoms with Gasteiger partial charge in [0.1, 0.15) is 5.82 Å².